The van der Waals surface area contributed by atoms with Crippen LogP contribution < -0.4 is 9.47 Å². The summed E-state index contributed by atoms with van der Waals surface area (Å²) >= 11 is 5.79. The number of ether oxygens (including phenoxy) is 2. The summed E-state index contributed by atoms with van der Waals surface area (Å²) in [7, 11) is -3.54. The summed E-state index contributed by atoms with van der Waals surface area (Å²) in [5.74, 6) is 0.877. The maximum Gasteiger partial charge on any atom is 0.231 e. The van der Waals surface area contributed by atoms with E-state index in [-0.39, 0.29) is 29.8 Å². The van der Waals surface area contributed by atoms with Gasteiger partial charge in [0.2, 0.25) is 12.7 Å². The summed E-state index contributed by atoms with van der Waals surface area (Å²) in [6.07, 6.45) is -0.0800. The first kappa shape index (κ1) is 19.5. The summed E-state index contributed by atoms with van der Waals surface area (Å²) in [6.45, 7) is 2.91. The number of amides is 1. The van der Waals surface area contributed by atoms with E-state index in [2.05, 4.69) is 0 Å². The van der Waals surface area contributed by atoms with Crippen LogP contribution in [0.5, 0.6) is 11.5 Å². The Labute approximate surface area is 163 Å². The van der Waals surface area contributed by atoms with Gasteiger partial charge in [-0.2, -0.15) is 0 Å². The zero-order chi connectivity index (χ0) is 19.4. The molecule has 6 nitrogen and oxygen atoms in total. The fraction of sp³-hybridized carbons (Fsp3) is 0.316. The van der Waals surface area contributed by atoms with Crippen LogP contribution in [0, 0.1) is 0 Å². The van der Waals surface area contributed by atoms with Crippen LogP contribution in [0.1, 0.15) is 18.9 Å². The monoisotopic (exact) mass is 409 g/mol. The highest BCUT2D eigenvalue weighted by Gasteiger charge is 2.20. The van der Waals surface area contributed by atoms with E-state index in [1.807, 2.05) is 19.1 Å². The standard InChI is InChI=1S/C19H20ClNO5S/c1-2-21(12-14-3-8-17-18(11-14)26-13-25-17)19(22)9-10-27(23,24)16-6-4-15(20)5-7-16/h3-8,11H,2,9-10,12-13H2,1H3. The Balaban J connectivity index is 1.62. The predicted octanol–water partition coefficient (Wildman–Crippen LogP) is 3.28. The van der Waals surface area contributed by atoms with E-state index in [0.717, 1.165) is 5.56 Å². The topological polar surface area (TPSA) is 72.9 Å². The minimum Gasteiger partial charge on any atom is -0.454 e. The van der Waals surface area contributed by atoms with Gasteiger partial charge in [-0.05, 0) is 48.9 Å². The van der Waals surface area contributed by atoms with Crippen LogP contribution in [0.4, 0.5) is 0 Å². The molecule has 1 amide bonds. The van der Waals surface area contributed by atoms with Gasteiger partial charge in [0, 0.05) is 24.5 Å². The van der Waals surface area contributed by atoms with Crippen molar-refractivity contribution in [2.24, 2.45) is 0 Å². The van der Waals surface area contributed by atoms with Gasteiger partial charge in [-0.3, -0.25) is 4.79 Å². The zero-order valence-corrected chi connectivity index (χ0v) is 16.4. The number of benzene rings is 2. The maximum atomic E-state index is 12.5. The molecule has 0 unspecified atom stereocenters. The number of fused-ring (bicyclic) bond motifs is 1. The number of hydrogen-bond acceptors (Lipinski definition) is 5. The van der Waals surface area contributed by atoms with Gasteiger partial charge in [-0.15, -0.1) is 0 Å². The third-order valence-corrected chi connectivity index (χ3v) is 6.29. The molecule has 0 bridgehead atoms. The van der Waals surface area contributed by atoms with E-state index in [4.69, 9.17) is 21.1 Å². The molecule has 0 saturated carbocycles. The lowest BCUT2D eigenvalue weighted by Gasteiger charge is -2.21. The van der Waals surface area contributed by atoms with Crippen molar-refractivity contribution in [2.45, 2.75) is 24.8 Å². The molecule has 0 atom stereocenters. The first-order valence-corrected chi connectivity index (χ1v) is 10.6. The van der Waals surface area contributed by atoms with Crippen LogP contribution >= 0.6 is 11.6 Å². The molecule has 8 heteroatoms. The van der Waals surface area contributed by atoms with Crippen molar-refractivity contribution in [3.05, 3.63) is 53.1 Å². The van der Waals surface area contributed by atoms with Crippen molar-refractivity contribution >= 4 is 27.3 Å². The number of halogens is 1. The summed E-state index contributed by atoms with van der Waals surface area (Å²) in [6, 6.07) is 11.5. The Kier molecular flexibility index (Phi) is 5.92. The molecule has 1 aliphatic rings. The minimum absolute atomic E-state index is 0.0800. The maximum absolute atomic E-state index is 12.5. The molecule has 2 aromatic carbocycles. The van der Waals surface area contributed by atoms with Gasteiger partial charge in [0.1, 0.15) is 0 Å². The van der Waals surface area contributed by atoms with E-state index in [1.54, 1.807) is 11.0 Å². The average molecular weight is 410 g/mol. The van der Waals surface area contributed by atoms with Crippen molar-refractivity contribution < 1.29 is 22.7 Å². The fourth-order valence-electron chi connectivity index (χ4n) is 2.78. The van der Waals surface area contributed by atoms with E-state index < -0.39 is 9.84 Å². The number of nitrogens with zero attached hydrogens (tertiary/aromatic N) is 1. The molecular formula is C19H20ClNO5S. The Morgan fingerprint density at radius 1 is 1.11 bits per heavy atom. The predicted molar refractivity (Wildman–Crippen MR) is 102 cm³/mol. The summed E-state index contributed by atoms with van der Waals surface area (Å²) in [5, 5.41) is 0.464. The SMILES string of the molecule is CCN(Cc1ccc2c(c1)OCO2)C(=O)CCS(=O)(=O)c1ccc(Cl)cc1. The molecule has 3 rings (SSSR count). The molecule has 2 aromatic rings. The molecule has 0 aromatic heterocycles. The Hall–Kier alpha value is -2.25. The highest BCUT2D eigenvalue weighted by Crippen LogP contribution is 2.32. The van der Waals surface area contributed by atoms with Gasteiger partial charge in [-0.25, -0.2) is 8.42 Å². The van der Waals surface area contributed by atoms with E-state index in [9.17, 15) is 13.2 Å². The van der Waals surface area contributed by atoms with E-state index in [1.165, 1.54) is 24.3 Å². The number of rotatable bonds is 7. The molecule has 1 aliphatic heterocycles. The number of carbonyl (C=O) groups is 1. The molecule has 144 valence electrons. The van der Waals surface area contributed by atoms with Gasteiger partial charge >= 0.3 is 0 Å². The second-order valence-electron chi connectivity index (χ2n) is 6.12. The van der Waals surface area contributed by atoms with Gasteiger partial charge in [0.15, 0.2) is 21.3 Å². The third kappa shape index (κ3) is 4.73. The minimum atomic E-state index is -3.54. The van der Waals surface area contributed by atoms with Crippen LogP contribution in [0.2, 0.25) is 5.02 Å². The van der Waals surface area contributed by atoms with Crippen molar-refractivity contribution in [3.63, 3.8) is 0 Å². The second-order valence-corrected chi connectivity index (χ2v) is 8.66. The molecular weight excluding hydrogens is 390 g/mol. The highest BCUT2D eigenvalue weighted by molar-refractivity contribution is 7.91. The Bertz CT molecular complexity index is 928. The van der Waals surface area contributed by atoms with Gasteiger partial charge in [0.25, 0.3) is 0 Å². The lowest BCUT2D eigenvalue weighted by Crippen LogP contribution is -2.31. The van der Waals surface area contributed by atoms with Crippen LogP contribution in [0.3, 0.4) is 0 Å². The molecule has 27 heavy (non-hydrogen) atoms. The molecule has 0 N–H and O–H groups in total. The van der Waals surface area contributed by atoms with Crippen LogP contribution in [0.25, 0.3) is 0 Å². The summed E-state index contributed by atoms with van der Waals surface area (Å²) in [5.41, 5.74) is 0.898. The quantitative estimate of drug-likeness (QED) is 0.701. The zero-order valence-electron chi connectivity index (χ0n) is 14.9. The molecule has 0 aliphatic carbocycles. The largest absolute Gasteiger partial charge is 0.454 e. The van der Waals surface area contributed by atoms with Gasteiger partial charge in [0.05, 0.1) is 10.6 Å². The van der Waals surface area contributed by atoms with Crippen molar-refractivity contribution in [3.8, 4) is 11.5 Å². The van der Waals surface area contributed by atoms with E-state index in [0.29, 0.717) is 29.6 Å². The van der Waals surface area contributed by atoms with Crippen LogP contribution in [-0.4, -0.2) is 38.3 Å². The first-order chi connectivity index (χ1) is 12.9. The lowest BCUT2D eigenvalue weighted by atomic mass is 10.2. The average Bonchev–Trinajstić information content (AvgIpc) is 3.12. The lowest BCUT2D eigenvalue weighted by molar-refractivity contribution is -0.131. The fourth-order valence-corrected chi connectivity index (χ4v) is 4.13. The normalized spacial score (nSPS) is 12.8. The molecule has 0 radical (unpaired) electrons. The van der Waals surface area contributed by atoms with Crippen LogP contribution in [-0.2, 0) is 21.2 Å². The molecule has 0 saturated heterocycles. The Morgan fingerprint density at radius 3 is 2.52 bits per heavy atom. The number of carbonyl (C=O) groups excluding carboxylic acids is 1. The number of hydrogen-bond donors (Lipinski definition) is 0. The van der Waals surface area contributed by atoms with Crippen LogP contribution in [0.15, 0.2) is 47.4 Å². The summed E-state index contributed by atoms with van der Waals surface area (Å²) < 4.78 is 35.4. The molecule has 0 spiro atoms. The highest BCUT2D eigenvalue weighted by atomic mass is 35.5. The molecule has 1 heterocycles. The van der Waals surface area contributed by atoms with Gasteiger partial charge in [-0.1, -0.05) is 17.7 Å². The van der Waals surface area contributed by atoms with Crippen molar-refractivity contribution in [1.82, 2.24) is 4.90 Å². The van der Waals surface area contributed by atoms with Crippen molar-refractivity contribution in [1.29, 1.82) is 0 Å². The van der Waals surface area contributed by atoms with Gasteiger partial charge < -0.3 is 14.4 Å². The van der Waals surface area contributed by atoms with Crippen molar-refractivity contribution in [2.75, 3.05) is 19.1 Å². The third-order valence-electron chi connectivity index (χ3n) is 4.30. The Morgan fingerprint density at radius 2 is 1.81 bits per heavy atom. The molecule has 0 fully saturated rings. The smallest absolute Gasteiger partial charge is 0.231 e. The number of sulfone groups is 1. The second kappa shape index (κ2) is 8.19. The summed E-state index contributed by atoms with van der Waals surface area (Å²) in [4.78, 5) is 14.3. The van der Waals surface area contributed by atoms with E-state index >= 15 is 0 Å². The first-order valence-electron chi connectivity index (χ1n) is 8.53.